The summed E-state index contributed by atoms with van der Waals surface area (Å²) in [7, 11) is 1.76. The first-order valence-electron chi connectivity index (χ1n) is 8.18. The molecule has 2 aromatic rings. The first kappa shape index (κ1) is 14.6. The van der Waals surface area contributed by atoms with Gasteiger partial charge in [0.05, 0.1) is 12.1 Å². The number of aromatic nitrogens is 5. The Morgan fingerprint density at radius 2 is 2.00 bits per heavy atom. The highest BCUT2D eigenvalue weighted by atomic mass is 16.5. The average molecular weight is 314 g/mol. The third-order valence-electron chi connectivity index (χ3n) is 4.60. The van der Waals surface area contributed by atoms with E-state index in [0.29, 0.717) is 5.92 Å². The molecule has 2 aromatic heterocycles. The van der Waals surface area contributed by atoms with Gasteiger partial charge in [-0.1, -0.05) is 0 Å². The molecule has 1 aliphatic heterocycles. The summed E-state index contributed by atoms with van der Waals surface area (Å²) in [5, 5.41) is 7.30. The molecule has 2 atom stereocenters. The van der Waals surface area contributed by atoms with Gasteiger partial charge in [-0.05, 0) is 26.7 Å². The number of aromatic amines is 1. The normalized spacial score (nSPS) is 24.4. The van der Waals surface area contributed by atoms with Crippen LogP contribution in [0.5, 0.6) is 0 Å². The van der Waals surface area contributed by atoms with Crippen LogP contribution in [0.15, 0.2) is 6.07 Å². The number of ether oxygens (including phenoxy) is 1. The summed E-state index contributed by atoms with van der Waals surface area (Å²) in [6, 6.07) is 2.14. The predicted molar refractivity (Wildman–Crippen MR) is 85.4 cm³/mol. The van der Waals surface area contributed by atoms with Gasteiger partial charge < -0.3 is 9.64 Å². The average Bonchev–Trinajstić information content (AvgIpc) is 3.16. The van der Waals surface area contributed by atoms with E-state index in [9.17, 15) is 0 Å². The zero-order chi connectivity index (χ0) is 16.0. The molecule has 0 bridgehead atoms. The summed E-state index contributed by atoms with van der Waals surface area (Å²) in [6.45, 7) is 4.76. The summed E-state index contributed by atoms with van der Waals surface area (Å²) in [4.78, 5) is 16.2. The van der Waals surface area contributed by atoms with E-state index < -0.39 is 0 Å². The Labute approximate surface area is 135 Å². The summed E-state index contributed by atoms with van der Waals surface area (Å²) < 4.78 is 5.59. The van der Waals surface area contributed by atoms with Crippen molar-refractivity contribution in [3.63, 3.8) is 0 Å². The second-order valence-electron chi connectivity index (χ2n) is 6.54. The maximum absolute atomic E-state index is 5.59. The van der Waals surface area contributed by atoms with Gasteiger partial charge in [0.15, 0.2) is 5.82 Å². The number of nitrogens with one attached hydrogen (secondary N) is 1. The lowest BCUT2D eigenvalue weighted by molar-refractivity contribution is 0.118. The van der Waals surface area contributed by atoms with Crippen LogP contribution in [0.1, 0.15) is 54.4 Å². The van der Waals surface area contributed by atoms with Crippen LogP contribution in [0.25, 0.3) is 0 Å². The van der Waals surface area contributed by atoms with Crippen molar-refractivity contribution in [2.45, 2.75) is 51.2 Å². The number of rotatable bonds is 4. The minimum absolute atomic E-state index is 0.0891. The van der Waals surface area contributed by atoms with E-state index in [1.54, 1.807) is 7.11 Å². The molecule has 0 radical (unpaired) electrons. The molecule has 1 saturated carbocycles. The highest BCUT2D eigenvalue weighted by Gasteiger charge is 2.37. The third-order valence-corrected chi connectivity index (χ3v) is 4.60. The topological polar surface area (TPSA) is 79.8 Å². The smallest absolute Gasteiger partial charge is 0.173 e. The molecular formula is C16H22N6O. The Bertz CT molecular complexity index is 710. The first-order valence-corrected chi connectivity index (χ1v) is 8.18. The molecule has 0 spiro atoms. The number of aryl methyl sites for hydroxylation is 2. The van der Waals surface area contributed by atoms with E-state index >= 15 is 0 Å². The molecule has 3 heterocycles. The van der Waals surface area contributed by atoms with Gasteiger partial charge in [0, 0.05) is 37.8 Å². The Morgan fingerprint density at radius 1 is 1.17 bits per heavy atom. The van der Waals surface area contributed by atoms with E-state index in [1.165, 1.54) is 12.8 Å². The van der Waals surface area contributed by atoms with Gasteiger partial charge in [-0.15, -0.1) is 0 Å². The van der Waals surface area contributed by atoms with Crippen molar-refractivity contribution in [1.82, 2.24) is 25.1 Å². The van der Waals surface area contributed by atoms with Gasteiger partial charge in [-0.3, -0.25) is 5.10 Å². The van der Waals surface area contributed by atoms with Gasteiger partial charge in [-0.25, -0.2) is 15.0 Å². The molecule has 0 amide bonds. The fraction of sp³-hybridized carbons (Fsp3) is 0.625. The van der Waals surface area contributed by atoms with Crippen molar-refractivity contribution in [2.75, 3.05) is 18.6 Å². The monoisotopic (exact) mass is 314 g/mol. The van der Waals surface area contributed by atoms with Crippen molar-refractivity contribution < 1.29 is 4.74 Å². The number of methoxy groups -OCH3 is 1. The summed E-state index contributed by atoms with van der Waals surface area (Å²) >= 11 is 0. The minimum atomic E-state index is 0.0891. The highest BCUT2D eigenvalue weighted by Crippen LogP contribution is 2.40. The van der Waals surface area contributed by atoms with Gasteiger partial charge in [0.1, 0.15) is 17.5 Å². The molecular weight excluding hydrogens is 292 g/mol. The number of H-pyrrole nitrogens is 1. The Morgan fingerprint density at radius 3 is 2.65 bits per heavy atom. The van der Waals surface area contributed by atoms with Crippen LogP contribution in [0.2, 0.25) is 0 Å². The van der Waals surface area contributed by atoms with Gasteiger partial charge in [0.25, 0.3) is 0 Å². The zero-order valence-corrected chi connectivity index (χ0v) is 13.8. The fourth-order valence-electron chi connectivity index (χ4n) is 3.22. The van der Waals surface area contributed by atoms with Gasteiger partial charge in [-0.2, -0.15) is 5.10 Å². The molecule has 0 aromatic carbocycles. The third kappa shape index (κ3) is 2.81. The molecule has 23 heavy (non-hydrogen) atoms. The van der Waals surface area contributed by atoms with Crippen LogP contribution < -0.4 is 4.90 Å². The minimum Gasteiger partial charge on any atom is -0.380 e. The van der Waals surface area contributed by atoms with Crippen LogP contribution in [0, 0.1) is 13.8 Å². The summed E-state index contributed by atoms with van der Waals surface area (Å²) in [6.07, 6.45) is 3.44. The zero-order valence-electron chi connectivity index (χ0n) is 13.8. The Hall–Kier alpha value is -2.02. The number of nitrogens with zero attached hydrogens (tertiary/aromatic N) is 5. The van der Waals surface area contributed by atoms with E-state index in [2.05, 4.69) is 31.1 Å². The van der Waals surface area contributed by atoms with Crippen LogP contribution in [0.4, 0.5) is 5.82 Å². The highest BCUT2D eigenvalue weighted by molar-refractivity contribution is 5.44. The largest absolute Gasteiger partial charge is 0.380 e. The lowest BCUT2D eigenvalue weighted by Crippen LogP contribution is -2.27. The van der Waals surface area contributed by atoms with Gasteiger partial charge >= 0.3 is 0 Å². The maximum Gasteiger partial charge on any atom is 0.173 e. The van der Waals surface area contributed by atoms with E-state index in [1.807, 2.05) is 13.8 Å². The van der Waals surface area contributed by atoms with Crippen molar-refractivity contribution in [2.24, 2.45) is 0 Å². The van der Waals surface area contributed by atoms with Crippen LogP contribution in [-0.4, -0.2) is 44.9 Å². The number of hydrogen-bond donors (Lipinski definition) is 1. The molecule has 7 nitrogen and oxygen atoms in total. The second kappa shape index (κ2) is 5.56. The van der Waals surface area contributed by atoms with Crippen LogP contribution in [0.3, 0.4) is 0 Å². The molecule has 2 aliphatic rings. The molecule has 0 unspecified atom stereocenters. The number of hydrogen-bond acceptors (Lipinski definition) is 6. The van der Waals surface area contributed by atoms with Crippen molar-refractivity contribution in [3.8, 4) is 0 Å². The predicted octanol–water partition coefficient (Wildman–Crippen LogP) is 2.06. The van der Waals surface area contributed by atoms with Crippen LogP contribution in [-0.2, 0) is 4.74 Å². The summed E-state index contributed by atoms with van der Waals surface area (Å²) in [5.74, 6) is 4.13. The quantitative estimate of drug-likeness (QED) is 0.930. The SMILES string of the molecule is CO[C@@H]1C[C@@H](c2n[nH]c(C)n2)N(c2cc(C)nc(C3CC3)n2)C1. The standard InChI is InChI=1S/C16H22N6O/c1-9-6-14(19-15(17-9)11-4-5-11)22-8-12(23-3)7-13(22)16-18-10(2)20-21-16/h6,11-13H,4-5,7-8H2,1-3H3,(H,18,20,21)/t12-,13+/m1/s1. The van der Waals surface area contributed by atoms with E-state index in [0.717, 1.165) is 42.0 Å². The molecule has 1 saturated heterocycles. The maximum atomic E-state index is 5.59. The van der Waals surface area contributed by atoms with Crippen LogP contribution >= 0.6 is 0 Å². The molecule has 2 fully saturated rings. The molecule has 1 aliphatic carbocycles. The van der Waals surface area contributed by atoms with E-state index in [-0.39, 0.29) is 12.1 Å². The summed E-state index contributed by atoms with van der Waals surface area (Å²) in [5.41, 5.74) is 1.02. The van der Waals surface area contributed by atoms with Crippen molar-refractivity contribution in [3.05, 3.63) is 29.2 Å². The molecule has 122 valence electrons. The molecule has 7 heteroatoms. The molecule has 1 N–H and O–H groups in total. The van der Waals surface area contributed by atoms with Crippen molar-refractivity contribution >= 4 is 5.82 Å². The van der Waals surface area contributed by atoms with Crippen molar-refractivity contribution in [1.29, 1.82) is 0 Å². The number of anilines is 1. The second-order valence-corrected chi connectivity index (χ2v) is 6.54. The van der Waals surface area contributed by atoms with E-state index in [4.69, 9.17) is 9.72 Å². The first-order chi connectivity index (χ1) is 11.1. The molecule has 4 rings (SSSR count). The Kier molecular flexibility index (Phi) is 3.52. The Balaban J connectivity index is 1.69. The fourth-order valence-corrected chi connectivity index (χ4v) is 3.22. The lowest BCUT2D eigenvalue weighted by Gasteiger charge is -2.24. The van der Waals surface area contributed by atoms with Gasteiger partial charge in [0.2, 0.25) is 0 Å². The lowest BCUT2D eigenvalue weighted by atomic mass is 10.2.